The molecule has 13 heavy (non-hydrogen) atoms. The number of methoxy groups -OCH3 is 1. The molecule has 2 heteroatoms. The fourth-order valence-electron chi connectivity index (χ4n) is 2.74. The summed E-state index contributed by atoms with van der Waals surface area (Å²) in [5.74, 6) is 0.977. The van der Waals surface area contributed by atoms with E-state index in [1.54, 1.807) is 0 Å². The Morgan fingerprint density at radius 1 is 1.46 bits per heavy atom. The molecule has 1 fully saturated rings. The second-order valence-corrected chi connectivity index (χ2v) is 4.44. The molecule has 0 radical (unpaired) electrons. The summed E-state index contributed by atoms with van der Waals surface area (Å²) in [6, 6.07) is 0. The Kier molecular flexibility index (Phi) is 1.94. The topological polar surface area (TPSA) is 26.3 Å². The standard InChI is InChI=1S/C11H16O2/c1-11(10(12)13-2)7-8-3-5-9(11)6-4-8/h3,5,8-9H,4,6-7H2,1-2H3/t8-,9+,11-/m0/s1. The highest BCUT2D eigenvalue weighted by atomic mass is 16.5. The molecule has 0 spiro atoms. The summed E-state index contributed by atoms with van der Waals surface area (Å²) in [6.45, 7) is 2.04. The zero-order valence-corrected chi connectivity index (χ0v) is 8.25. The molecule has 0 aromatic heterocycles. The highest BCUT2D eigenvalue weighted by Gasteiger charge is 2.47. The molecule has 3 aliphatic carbocycles. The fraction of sp³-hybridized carbons (Fsp3) is 0.727. The Balaban J connectivity index is 2.25. The van der Waals surface area contributed by atoms with Gasteiger partial charge in [0.15, 0.2) is 0 Å². The molecule has 0 unspecified atom stereocenters. The molecule has 3 rings (SSSR count). The minimum absolute atomic E-state index is 0.0356. The van der Waals surface area contributed by atoms with Gasteiger partial charge in [0.05, 0.1) is 12.5 Å². The van der Waals surface area contributed by atoms with Gasteiger partial charge >= 0.3 is 5.97 Å². The number of allylic oxidation sites excluding steroid dienone is 2. The van der Waals surface area contributed by atoms with Crippen LogP contribution in [0.1, 0.15) is 26.2 Å². The third-order valence-corrected chi connectivity index (χ3v) is 3.62. The van der Waals surface area contributed by atoms with Gasteiger partial charge in [0.25, 0.3) is 0 Å². The molecular weight excluding hydrogens is 164 g/mol. The highest BCUT2D eigenvalue weighted by Crippen LogP contribution is 2.49. The van der Waals surface area contributed by atoms with Crippen LogP contribution >= 0.6 is 0 Å². The van der Waals surface area contributed by atoms with Crippen molar-refractivity contribution in [3.63, 3.8) is 0 Å². The van der Waals surface area contributed by atoms with Crippen molar-refractivity contribution in [1.82, 2.24) is 0 Å². The predicted molar refractivity (Wildman–Crippen MR) is 50.1 cm³/mol. The van der Waals surface area contributed by atoms with Gasteiger partial charge in [-0.05, 0) is 38.0 Å². The molecule has 72 valence electrons. The SMILES string of the molecule is COC(=O)[C@@]1(C)C[C@H]2C=C[C@@H]1CC2. The lowest BCUT2D eigenvalue weighted by Crippen LogP contribution is -2.43. The molecule has 3 atom stereocenters. The number of esters is 1. The number of rotatable bonds is 1. The summed E-state index contributed by atoms with van der Waals surface area (Å²) in [7, 11) is 1.49. The molecule has 2 nitrogen and oxygen atoms in total. The van der Waals surface area contributed by atoms with E-state index in [2.05, 4.69) is 12.2 Å². The van der Waals surface area contributed by atoms with Gasteiger partial charge < -0.3 is 4.74 Å². The monoisotopic (exact) mass is 180 g/mol. The van der Waals surface area contributed by atoms with Gasteiger partial charge in [-0.2, -0.15) is 0 Å². The van der Waals surface area contributed by atoms with Crippen molar-refractivity contribution in [3.8, 4) is 0 Å². The number of hydrogen-bond donors (Lipinski definition) is 0. The van der Waals surface area contributed by atoms with Crippen molar-refractivity contribution in [3.05, 3.63) is 12.2 Å². The number of carbonyl (C=O) groups is 1. The summed E-state index contributed by atoms with van der Waals surface area (Å²) < 4.78 is 4.87. The molecule has 0 saturated heterocycles. The first-order chi connectivity index (χ1) is 6.16. The first-order valence-corrected chi connectivity index (χ1v) is 4.93. The molecule has 0 N–H and O–H groups in total. The van der Waals surface area contributed by atoms with Crippen LogP contribution in [0.4, 0.5) is 0 Å². The van der Waals surface area contributed by atoms with E-state index < -0.39 is 0 Å². The van der Waals surface area contributed by atoms with Gasteiger partial charge in [0, 0.05) is 0 Å². The van der Waals surface area contributed by atoms with E-state index in [1.807, 2.05) is 6.92 Å². The van der Waals surface area contributed by atoms with Gasteiger partial charge in [0.2, 0.25) is 0 Å². The van der Waals surface area contributed by atoms with Crippen molar-refractivity contribution in [1.29, 1.82) is 0 Å². The maximum absolute atomic E-state index is 11.6. The molecule has 1 saturated carbocycles. The largest absolute Gasteiger partial charge is 0.469 e. The molecule has 0 heterocycles. The smallest absolute Gasteiger partial charge is 0.312 e. The zero-order valence-electron chi connectivity index (χ0n) is 8.25. The Morgan fingerprint density at radius 3 is 2.62 bits per heavy atom. The third kappa shape index (κ3) is 1.19. The van der Waals surface area contributed by atoms with Gasteiger partial charge in [0.1, 0.15) is 0 Å². The summed E-state index contributed by atoms with van der Waals surface area (Å²) in [5, 5.41) is 0. The average molecular weight is 180 g/mol. The van der Waals surface area contributed by atoms with Crippen LogP contribution in [0.15, 0.2) is 12.2 Å². The van der Waals surface area contributed by atoms with E-state index >= 15 is 0 Å². The van der Waals surface area contributed by atoms with Crippen LogP contribution in [0.2, 0.25) is 0 Å². The minimum Gasteiger partial charge on any atom is -0.469 e. The Hall–Kier alpha value is -0.790. The molecule has 0 aliphatic heterocycles. The van der Waals surface area contributed by atoms with Crippen molar-refractivity contribution in [2.24, 2.45) is 17.3 Å². The Labute approximate surface area is 79.0 Å². The average Bonchev–Trinajstić information content (AvgIpc) is 2.18. The van der Waals surface area contributed by atoms with Crippen molar-refractivity contribution in [2.75, 3.05) is 7.11 Å². The zero-order chi connectivity index (χ0) is 9.47. The van der Waals surface area contributed by atoms with Crippen molar-refractivity contribution in [2.45, 2.75) is 26.2 Å². The van der Waals surface area contributed by atoms with Crippen LogP contribution < -0.4 is 0 Å². The fourth-order valence-corrected chi connectivity index (χ4v) is 2.74. The minimum atomic E-state index is -0.244. The normalized spacial score (nSPS) is 42.0. The second kappa shape index (κ2) is 2.86. The van der Waals surface area contributed by atoms with E-state index in [4.69, 9.17) is 4.74 Å². The highest BCUT2D eigenvalue weighted by molar-refractivity contribution is 5.77. The molecule has 0 amide bonds. The Bertz CT molecular complexity index is 257. The van der Waals surface area contributed by atoms with Crippen LogP contribution in [0.3, 0.4) is 0 Å². The molecular formula is C11H16O2. The van der Waals surface area contributed by atoms with Gasteiger partial charge in [-0.25, -0.2) is 0 Å². The van der Waals surface area contributed by atoms with Crippen molar-refractivity contribution >= 4 is 5.97 Å². The van der Waals surface area contributed by atoms with Crippen molar-refractivity contribution < 1.29 is 9.53 Å². The second-order valence-electron chi connectivity index (χ2n) is 4.44. The third-order valence-electron chi connectivity index (χ3n) is 3.62. The van der Waals surface area contributed by atoms with Gasteiger partial charge in [-0.15, -0.1) is 0 Å². The summed E-state index contributed by atoms with van der Waals surface area (Å²) >= 11 is 0. The number of ether oxygens (including phenoxy) is 1. The molecule has 0 aromatic rings. The van der Waals surface area contributed by atoms with Crippen LogP contribution in [-0.2, 0) is 9.53 Å². The van der Waals surface area contributed by atoms with Crippen LogP contribution in [0.25, 0.3) is 0 Å². The number of hydrogen-bond acceptors (Lipinski definition) is 2. The van der Waals surface area contributed by atoms with Crippen LogP contribution in [0, 0.1) is 17.3 Å². The quantitative estimate of drug-likeness (QED) is 0.456. The van der Waals surface area contributed by atoms with E-state index in [0.29, 0.717) is 11.8 Å². The maximum atomic E-state index is 11.6. The lowest BCUT2D eigenvalue weighted by molar-refractivity contribution is -0.157. The molecule has 2 bridgehead atoms. The lowest BCUT2D eigenvalue weighted by atomic mass is 9.60. The van der Waals surface area contributed by atoms with E-state index in [0.717, 1.165) is 12.8 Å². The number of fused-ring (bicyclic) bond motifs is 2. The first kappa shape index (κ1) is 8.79. The van der Waals surface area contributed by atoms with Gasteiger partial charge in [-0.1, -0.05) is 12.2 Å². The van der Waals surface area contributed by atoms with Crippen LogP contribution in [-0.4, -0.2) is 13.1 Å². The predicted octanol–water partition coefficient (Wildman–Crippen LogP) is 2.15. The maximum Gasteiger partial charge on any atom is 0.312 e. The van der Waals surface area contributed by atoms with E-state index in [9.17, 15) is 4.79 Å². The first-order valence-electron chi connectivity index (χ1n) is 4.93. The lowest BCUT2D eigenvalue weighted by Gasteiger charge is -2.44. The van der Waals surface area contributed by atoms with Crippen LogP contribution in [0.5, 0.6) is 0 Å². The summed E-state index contributed by atoms with van der Waals surface area (Å²) in [6.07, 6.45) is 7.83. The molecule has 0 aromatic carbocycles. The van der Waals surface area contributed by atoms with E-state index in [-0.39, 0.29) is 11.4 Å². The summed E-state index contributed by atoms with van der Waals surface area (Å²) in [4.78, 5) is 11.6. The van der Waals surface area contributed by atoms with E-state index in [1.165, 1.54) is 13.5 Å². The van der Waals surface area contributed by atoms with Gasteiger partial charge in [-0.3, -0.25) is 4.79 Å². The molecule has 3 aliphatic rings. The number of carbonyl (C=O) groups excluding carboxylic acids is 1. The summed E-state index contributed by atoms with van der Waals surface area (Å²) in [5.41, 5.74) is -0.244. The Morgan fingerprint density at radius 2 is 2.23 bits per heavy atom.